The van der Waals surface area contributed by atoms with E-state index in [4.69, 9.17) is 10.2 Å². The van der Waals surface area contributed by atoms with Crippen LogP contribution in [0.4, 0.5) is 5.69 Å². The number of nitrogens with zero attached hydrogens (tertiary/aromatic N) is 1. The molecule has 3 N–H and O–H groups in total. The number of pyridine rings is 1. The maximum Gasteiger partial charge on any atom is 0.137 e. The molecule has 1 fully saturated rings. The molecule has 2 aromatic carbocycles. The average Bonchev–Trinajstić information content (AvgIpc) is 3.17. The van der Waals surface area contributed by atoms with Crippen molar-refractivity contribution in [1.82, 2.24) is 4.98 Å². The van der Waals surface area contributed by atoms with Gasteiger partial charge in [-0.2, -0.15) is 0 Å². The lowest BCUT2D eigenvalue weighted by molar-refractivity contribution is 0.339. The minimum Gasteiger partial charge on any atom is -0.456 e. The number of hydrogen-bond acceptors (Lipinski definition) is 4. The average molecular weight is 371 g/mol. The number of nitrogens with one attached hydrogen (secondary N) is 1. The number of furan rings is 1. The maximum atomic E-state index is 6.09. The number of nitrogens with two attached hydrogens (primary N) is 1. The van der Waals surface area contributed by atoms with Gasteiger partial charge in [0.1, 0.15) is 11.3 Å². The molecule has 0 unspecified atom stereocenters. The summed E-state index contributed by atoms with van der Waals surface area (Å²) < 4.78 is 6.09. The Kier molecular flexibility index (Phi) is 4.49. The van der Waals surface area contributed by atoms with E-state index in [-0.39, 0.29) is 0 Å². The lowest BCUT2D eigenvalue weighted by Gasteiger charge is -2.26. The van der Waals surface area contributed by atoms with Crippen molar-refractivity contribution in [1.29, 1.82) is 0 Å². The fourth-order valence-electron chi connectivity index (χ4n) is 4.24. The molecule has 0 radical (unpaired) electrons. The zero-order valence-corrected chi connectivity index (χ0v) is 15.9. The Morgan fingerprint density at radius 1 is 0.964 bits per heavy atom. The normalized spacial score (nSPS) is 19.9. The molecule has 28 heavy (non-hydrogen) atoms. The van der Waals surface area contributed by atoms with E-state index >= 15 is 0 Å². The van der Waals surface area contributed by atoms with Gasteiger partial charge in [-0.1, -0.05) is 24.3 Å². The van der Waals surface area contributed by atoms with Crippen molar-refractivity contribution in [3.63, 3.8) is 0 Å². The first kappa shape index (κ1) is 17.3. The van der Waals surface area contributed by atoms with E-state index in [1.807, 2.05) is 30.6 Å². The topological polar surface area (TPSA) is 64.1 Å². The molecule has 4 aromatic rings. The predicted octanol–water partition coefficient (Wildman–Crippen LogP) is 5.58. The van der Waals surface area contributed by atoms with Gasteiger partial charge < -0.3 is 15.5 Å². The van der Waals surface area contributed by atoms with E-state index in [0.29, 0.717) is 12.0 Å². The molecule has 0 aliphatic heterocycles. The fourth-order valence-corrected chi connectivity index (χ4v) is 4.24. The summed E-state index contributed by atoms with van der Waals surface area (Å²) in [7, 11) is 0. The minimum atomic E-state index is 0.399. The van der Waals surface area contributed by atoms with Crippen molar-refractivity contribution in [2.24, 2.45) is 11.7 Å². The smallest absolute Gasteiger partial charge is 0.137 e. The van der Waals surface area contributed by atoms with Gasteiger partial charge in [0.15, 0.2) is 0 Å². The van der Waals surface area contributed by atoms with Crippen LogP contribution in [0.3, 0.4) is 0 Å². The van der Waals surface area contributed by atoms with Gasteiger partial charge in [0, 0.05) is 47.0 Å². The largest absolute Gasteiger partial charge is 0.456 e. The van der Waals surface area contributed by atoms with Crippen LogP contribution in [0.2, 0.25) is 0 Å². The number of rotatable bonds is 4. The van der Waals surface area contributed by atoms with Crippen molar-refractivity contribution >= 4 is 27.4 Å². The van der Waals surface area contributed by atoms with Crippen molar-refractivity contribution in [2.45, 2.75) is 31.7 Å². The second-order valence-electron chi connectivity index (χ2n) is 7.93. The van der Waals surface area contributed by atoms with Gasteiger partial charge in [0.05, 0.1) is 0 Å². The number of anilines is 1. The van der Waals surface area contributed by atoms with Crippen LogP contribution in [0.25, 0.3) is 33.1 Å². The molecule has 0 amide bonds. The van der Waals surface area contributed by atoms with Gasteiger partial charge in [-0.15, -0.1) is 0 Å². The van der Waals surface area contributed by atoms with E-state index in [0.717, 1.165) is 58.1 Å². The summed E-state index contributed by atoms with van der Waals surface area (Å²) in [5.74, 6) is 1.57. The van der Waals surface area contributed by atoms with Gasteiger partial charge in [-0.05, 0) is 61.3 Å². The molecule has 0 bridgehead atoms. The third kappa shape index (κ3) is 3.36. The monoisotopic (exact) mass is 371 g/mol. The van der Waals surface area contributed by atoms with Crippen LogP contribution in [-0.2, 0) is 0 Å². The number of benzene rings is 2. The van der Waals surface area contributed by atoms with Gasteiger partial charge in [-0.3, -0.25) is 4.98 Å². The zero-order chi connectivity index (χ0) is 18.9. The standard InChI is InChI=1S/C24H25N3O/c25-19-8-5-16(6-9-19)13-27-20-10-7-18-14-26-15-22(21(18)12-20)24-11-17-3-1-2-4-23(17)28-24/h1-4,7,10-12,14-16,19,27H,5-6,8-9,13,25H2/t16-,19+. The number of para-hydroxylation sites is 1. The highest BCUT2D eigenvalue weighted by atomic mass is 16.3. The summed E-state index contributed by atoms with van der Waals surface area (Å²) >= 11 is 0. The fraction of sp³-hybridized carbons (Fsp3) is 0.292. The van der Waals surface area contributed by atoms with Crippen molar-refractivity contribution < 1.29 is 4.42 Å². The molecule has 2 heterocycles. The Balaban J connectivity index is 1.44. The van der Waals surface area contributed by atoms with E-state index in [1.54, 1.807) is 0 Å². The summed E-state index contributed by atoms with van der Waals surface area (Å²) in [5.41, 5.74) is 9.11. The molecule has 1 saturated carbocycles. The molecule has 2 aromatic heterocycles. The van der Waals surface area contributed by atoms with Crippen LogP contribution in [0.15, 0.2) is 65.3 Å². The third-order valence-electron chi connectivity index (χ3n) is 5.94. The molecule has 5 rings (SSSR count). The summed E-state index contributed by atoms with van der Waals surface area (Å²) in [5, 5.41) is 7.02. The number of hydrogen-bond donors (Lipinski definition) is 2. The van der Waals surface area contributed by atoms with Crippen LogP contribution < -0.4 is 11.1 Å². The van der Waals surface area contributed by atoms with Gasteiger partial charge in [0.2, 0.25) is 0 Å². The Hall–Kier alpha value is -2.85. The summed E-state index contributed by atoms with van der Waals surface area (Å²) in [6, 6.07) is 17.1. The summed E-state index contributed by atoms with van der Waals surface area (Å²) in [4.78, 5) is 4.42. The molecule has 1 aliphatic rings. The van der Waals surface area contributed by atoms with Crippen LogP contribution >= 0.6 is 0 Å². The number of fused-ring (bicyclic) bond motifs is 2. The summed E-state index contributed by atoms with van der Waals surface area (Å²) in [6.45, 7) is 1.00. The molecule has 0 saturated heterocycles. The molecular formula is C24H25N3O. The van der Waals surface area contributed by atoms with Gasteiger partial charge in [0.25, 0.3) is 0 Å². The second kappa shape index (κ2) is 7.28. The maximum absolute atomic E-state index is 6.09. The highest BCUT2D eigenvalue weighted by Crippen LogP contribution is 2.33. The first-order valence-corrected chi connectivity index (χ1v) is 10.1. The highest BCUT2D eigenvalue weighted by molar-refractivity contribution is 5.98. The quantitative estimate of drug-likeness (QED) is 0.492. The zero-order valence-electron chi connectivity index (χ0n) is 15.9. The van der Waals surface area contributed by atoms with Crippen LogP contribution in [-0.4, -0.2) is 17.6 Å². The SMILES string of the molecule is N[C@H]1CC[C@@H](CNc2ccc3cncc(-c4cc5ccccc5o4)c3c2)CC1. The van der Waals surface area contributed by atoms with Crippen molar-refractivity contribution in [2.75, 3.05) is 11.9 Å². The van der Waals surface area contributed by atoms with Crippen molar-refractivity contribution in [3.8, 4) is 11.3 Å². The highest BCUT2D eigenvalue weighted by Gasteiger charge is 2.18. The lowest BCUT2D eigenvalue weighted by atomic mass is 9.86. The Bertz CT molecular complexity index is 1080. The number of aromatic nitrogens is 1. The van der Waals surface area contributed by atoms with E-state index < -0.39 is 0 Å². The molecule has 4 heteroatoms. The first-order valence-electron chi connectivity index (χ1n) is 10.1. The van der Waals surface area contributed by atoms with E-state index in [9.17, 15) is 0 Å². The molecule has 1 aliphatic carbocycles. The van der Waals surface area contributed by atoms with Gasteiger partial charge in [-0.25, -0.2) is 0 Å². The van der Waals surface area contributed by atoms with Crippen LogP contribution in [0, 0.1) is 5.92 Å². The molecule has 0 spiro atoms. The summed E-state index contributed by atoms with van der Waals surface area (Å²) in [6.07, 6.45) is 8.53. The molecule has 142 valence electrons. The van der Waals surface area contributed by atoms with E-state index in [1.165, 1.54) is 12.8 Å². The minimum absolute atomic E-state index is 0.399. The molecular weight excluding hydrogens is 346 g/mol. The second-order valence-corrected chi connectivity index (χ2v) is 7.93. The lowest BCUT2D eigenvalue weighted by Crippen LogP contribution is -2.29. The Morgan fingerprint density at radius 2 is 1.82 bits per heavy atom. The Labute approximate surface area is 164 Å². The van der Waals surface area contributed by atoms with Crippen LogP contribution in [0.5, 0.6) is 0 Å². The van der Waals surface area contributed by atoms with Crippen LogP contribution in [0.1, 0.15) is 25.7 Å². The third-order valence-corrected chi connectivity index (χ3v) is 5.94. The molecule has 4 nitrogen and oxygen atoms in total. The van der Waals surface area contributed by atoms with Gasteiger partial charge >= 0.3 is 0 Å². The van der Waals surface area contributed by atoms with E-state index in [2.05, 4.69) is 40.6 Å². The first-order chi connectivity index (χ1) is 13.8. The molecule has 0 atom stereocenters. The van der Waals surface area contributed by atoms with Crippen molar-refractivity contribution in [3.05, 3.63) is 60.9 Å². The predicted molar refractivity (Wildman–Crippen MR) is 115 cm³/mol. The Morgan fingerprint density at radius 3 is 2.68 bits per heavy atom.